The highest BCUT2D eigenvalue weighted by atomic mass is 35.5. The van der Waals surface area contributed by atoms with Crippen molar-refractivity contribution in [1.82, 2.24) is 14.8 Å². The standard InChI is InChI=1S/C14H20ClN3O/c15-14-9-12(1-3-16-14)10-17-4-2-13(11-17)18-5-7-19-8-6-18/h1,3,9,13H,2,4-8,10-11H2. The molecule has 0 aromatic carbocycles. The molecule has 4 nitrogen and oxygen atoms in total. The van der Waals surface area contributed by atoms with Gasteiger partial charge in [-0.1, -0.05) is 11.6 Å². The first-order valence-corrected chi connectivity index (χ1v) is 7.33. The van der Waals surface area contributed by atoms with Gasteiger partial charge in [-0.15, -0.1) is 0 Å². The number of likely N-dealkylation sites (tertiary alicyclic amines) is 1. The summed E-state index contributed by atoms with van der Waals surface area (Å²) in [4.78, 5) is 9.11. The lowest BCUT2D eigenvalue weighted by atomic mass is 10.2. The lowest BCUT2D eigenvalue weighted by Crippen LogP contribution is -2.44. The Labute approximate surface area is 119 Å². The van der Waals surface area contributed by atoms with Crippen molar-refractivity contribution in [3.05, 3.63) is 29.0 Å². The molecule has 0 N–H and O–H groups in total. The van der Waals surface area contributed by atoms with Gasteiger partial charge in [0.1, 0.15) is 5.15 Å². The fourth-order valence-corrected chi connectivity index (χ4v) is 3.19. The zero-order valence-electron chi connectivity index (χ0n) is 11.1. The van der Waals surface area contributed by atoms with Gasteiger partial charge in [-0.25, -0.2) is 4.98 Å². The van der Waals surface area contributed by atoms with Gasteiger partial charge < -0.3 is 4.74 Å². The van der Waals surface area contributed by atoms with Crippen molar-refractivity contribution in [3.63, 3.8) is 0 Å². The zero-order chi connectivity index (χ0) is 13.1. The van der Waals surface area contributed by atoms with Crippen LogP contribution < -0.4 is 0 Å². The SMILES string of the molecule is Clc1cc(CN2CCC(N3CCOCC3)C2)ccn1. The van der Waals surface area contributed by atoms with Crippen LogP contribution in [0.4, 0.5) is 0 Å². The van der Waals surface area contributed by atoms with E-state index in [1.165, 1.54) is 18.5 Å². The fourth-order valence-electron chi connectivity index (χ4n) is 3.00. The minimum absolute atomic E-state index is 0.585. The third kappa shape index (κ3) is 3.45. The largest absolute Gasteiger partial charge is 0.379 e. The third-order valence-electron chi connectivity index (χ3n) is 4.01. The highest BCUT2D eigenvalue weighted by molar-refractivity contribution is 6.29. The number of ether oxygens (including phenoxy) is 1. The van der Waals surface area contributed by atoms with Gasteiger partial charge in [-0.05, 0) is 24.1 Å². The molecule has 2 fully saturated rings. The van der Waals surface area contributed by atoms with E-state index in [1.807, 2.05) is 12.1 Å². The first kappa shape index (κ1) is 13.3. The van der Waals surface area contributed by atoms with Crippen LogP contribution in [0.3, 0.4) is 0 Å². The Morgan fingerprint density at radius 1 is 1.32 bits per heavy atom. The first-order chi connectivity index (χ1) is 9.31. The van der Waals surface area contributed by atoms with Crippen LogP contribution in [0.1, 0.15) is 12.0 Å². The number of pyridine rings is 1. The normalized spacial score (nSPS) is 25.8. The number of hydrogen-bond acceptors (Lipinski definition) is 4. The summed E-state index contributed by atoms with van der Waals surface area (Å²) in [6.07, 6.45) is 3.05. The van der Waals surface area contributed by atoms with Gasteiger partial charge in [0.25, 0.3) is 0 Å². The minimum Gasteiger partial charge on any atom is -0.379 e. The molecule has 0 radical (unpaired) electrons. The van der Waals surface area contributed by atoms with Crippen LogP contribution in [0.2, 0.25) is 5.15 Å². The van der Waals surface area contributed by atoms with E-state index in [0.717, 1.165) is 39.4 Å². The molecule has 2 aliphatic rings. The quantitative estimate of drug-likeness (QED) is 0.788. The van der Waals surface area contributed by atoms with Crippen LogP contribution in [0.5, 0.6) is 0 Å². The van der Waals surface area contributed by atoms with E-state index in [-0.39, 0.29) is 0 Å². The van der Waals surface area contributed by atoms with Crippen LogP contribution in [0.25, 0.3) is 0 Å². The molecule has 1 aromatic heterocycles. The van der Waals surface area contributed by atoms with E-state index in [9.17, 15) is 0 Å². The number of halogens is 1. The van der Waals surface area contributed by atoms with Gasteiger partial charge in [0, 0.05) is 45.0 Å². The summed E-state index contributed by atoms with van der Waals surface area (Å²) in [5, 5.41) is 0.585. The maximum Gasteiger partial charge on any atom is 0.129 e. The second-order valence-corrected chi connectivity index (χ2v) is 5.70. The molecule has 0 aliphatic carbocycles. The molecule has 5 heteroatoms. The van der Waals surface area contributed by atoms with Crippen LogP contribution >= 0.6 is 11.6 Å². The Kier molecular flexibility index (Phi) is 4.33. The fraction of sp³-hybridized carbons (Fsp3) is 0.643. The molecule has 1 unspecified atom stereocenters. The molecule has 3 rings (SSSR count). The molecule has 0 bridgehead atoms. The summed E-state index contributed by atoms with van der Waals surface area (Å²) in [7, 11) is 0. The smallest absolute Gasteiger partial charge is 0.129 e. The number of nitrogens with zero attached hydrogens (tertiary/aromatic N) is 3. The average Bonchev–Trinajstić information content (AvgIpc) is 2.88. The van der Waals surface area contributed by atoms with Gasteiger partial charge in [0.2, 0.25) is 0 Å². The maximum absolute atomic E-state index is 5.93. The van der Waals surface area contributed by atoms with Crippen molar-refractivity contribution < 1.29 is 4.74 Å². The summed E-state index contributed by atoms with van der Waals surface area (Å²) in [5.41, 5.74) is 1.25. The number of morpholine rings is 1. The van der Waals surface area contributed by atoms with Crippen molar-refractivity contribution in [3.8, 4) is 0 Å². The molecule has 2 aliphatic heterocycles. The molecule has 19 heavy (non-hydrogen) atoms. The molecule has 1 atom stereocenters. The van der Waals surface area contributed by atoms with Crippen molar-refractivity contribution >= 4 is 11.6 Å². The van der Waals surface area contributed by atoms with Crippen molar-refractivity contribution in [2.24, 2.45) is 0 Å². The lowest BCUT2D eigenvalue weighted by molar-refractivity contribution is 0.0184. The van der Waals surface area contributed by atoms with E-state index < -0.39 is 0 Å². The number of hydrogen-bond donors (Lipinski definition) is 0. The molecular weight excluding hydrogens is 262 g/mol. The van der Waals surface area contributed by atoms with Crippen LogP contribution in [-0.4, -0.2) is 60.2 Å². The molecular formula is C14H20ClN3O. The molecule has 104 valence electrons. The molecule has 2 saturated heterocycles. The van der Waals surface area contributed by atoms with E-state index >= 15 is 0 Å². The highest BCUT2D eigenvalue weighted by Gasteiger charge is 2.28. The van der Waals surface area contributed by atoms with Gasteiger partial charge in [-0.3, -0.25) is 9.80 Å². The molecule has 3 heterocycles. The third-order valence-corrected chi connectivity index (χ3v) is 4.21. The van der Waals surface area contributed by atoms with E-state index in [4.69, 9.17) is 16.3 Å². The van der Waals surface area contributed by atoms with Gasteiger partial charge in [0.15, 0.2) is 0 Å². The second kappa shape index (κ2) is 6.18. The van der Waals surface area contributed by atoms with Crippen molar-refractivity contribution in [2.45, 2.75) is 19.0 Å². The molecule has 1 aromatic rings. The minimum atomic E-state index is 0.585. The number of aromatic nitrogens is 1. The average molecular weight is 282 g/mol. The van der Waals surface area contributed by atoms with E-state index in [0.29, 0.717) is 11.2 Å². The Balaban J connectivity index is 1.54. The Hall–Kier alpha value is -0.680. The zero-order valence-corrected chi connectivity index (χ0v) is 11.9. The Morgan fingerprint density at radius 3 is 2.95 bits per heavy atom. The molecule has 0 saturated carbocycles. The number of rotatable bonds is 3. The predicted molar refractivity (Wildman–Crippen MR) is 75.3 cm³/mol. The van der Waals surface area contributed by atoms with Crippen LogP contribution in [0, 0.1) is 0 Å². The summed E-state index contributed by atoms with van der Waals surface area (Å²) in [5.74, 6) is 0. The van der Waals surface area contributed by atoms with E-state index in [1.54, 1.807) is 6.20 Å². The summed E-state index contributed by atoms with van der Waals surface area (Å²) in [6.45, 7) is 7.23. The van der Waals surface area contributed by atoms with E-state index in [2.05, 4.69) is 14.8 Å². The molecule has 0 amide bonds. The van der Waals surface area contributed by atoms with Gasteiger partial charge in [0.05, 0.1) is 13.2 Å². The van der Waals surface area contributed by atoms with Crippen LogP contribution in [0.15, 0.2) is 18.3 Å². The Morgan fingerprint density at radius 2 is 2.16 bits per heavy atom. The summed E-state index contributed by atoms with van der Waals surface area (Å²) in [6, 6.07) is 4.71. The van der Waals surface area contributed by atoms with Gasteiger partial charge >= 0.3 is 0 Å². The predicted octanol–water partition coefficient (Wildman–Crippen LogP) is 1.64. The summed E-state index contributed by atoms with van der Waals surface area (Å²) < 4.78 is 5.42. The second-order valence-electron chi connectivity index (χ2n) is 5.31. The monoisotopic (exact) mass is 281 g/mol. The topological polar surface area (TPSA) is 28.6 Å². The lowest BCUT2D eigenvalue weighted by Gasteiger charge is -2.32. The van der Waals surface area contributed by atoms with Gasteiger partial charge in [-0.2, -0.15) is 0 Å². The molecule has 0 spiro atoms. The summed E-state index contributed by atoms with van der Waals surface area (Å²) >= 11 is 5.93. The first-order valence-electron chi connectivity index (χ1n) is 6.96. The highest BCUT2D eigenvalue weighted by Crippen LogP contribution is 2.19. The Bertz CT molecular complexity index is 423. The van der Waals surface area contributed by atoms with Crippen molar-refractivity contribution in [2.75, 3.05) is 39.4 Å². The van der Waals surface area contributed by atoms with Crippen molar-refractivity contribution in [1.29, 1.82) is 0 Å². The van der Waals surface area contributed by atoms with Crippen LogP contribution in [-0.2, 0) is 11.3 Å². The maximum atomic E-state index is 5.93.